The molecule has 3 aromatic rings. The summed E-state index contributed by atoms with van der Waals surface area (Å²) in [4.78, 5) is 59.4. The molecular weight excluding hydrogens is 549 g/mol. The van der Waals surface area contributed by atoms with Crippen LogP contribution in [0.15, 0.2) is 91.4 Å². The van der Waals surface area contributed by atoms with Gasteiger partial charge in [0.25, 0.3) is 17.6 Å². The number of Topliss-reactive ketones (excluding diaryl/α,β-unsaturated/α-hetero) is 1. The molecule has 2 heterocycles. The first-order valence-corrected chi connectivity index (χ1v) is 13.2. The first kappa shape index (κ1) is 30.2. The summed E-state index contributed by atoms with van der Waals surface area (Å²) in [5.74, 6) is -4.53. The summed E-state index contributed by atoms with van der Waals surface area (Å²) in [5, 5.41) is 2.20. The van der Waals surface area contributed by atoms with Crippen LogP contribution in [0.4, 0.5) is 13.2 Å². The number of ketones is 1. The van der Waals surface area contributed by atoms with E-state index in [0.29, 0.717) is 11.1 Å². The van der Waals surface area contributed by atoms with Gasteiger partial charge in [0.15, 0.2) is 0 Å². The number of nitrogens with zero attached hydrogens (tertiary/aromatic N) is 3. The molecule has 0 aliphatic carbocycles. The third-order valence-electron chi connectivity index (χ3n) is 6.73. The van der Waals surface area contributed by atoms with E-state index in [2.05, 4.69) is 10.3 Å². The van der Waals surface area contributed by atoms with Gasteiger partial charge in [0.2, 0.25) is 5.91 Å². The van der Waals surface area contributed by atoms with Crippen LogP contribution >= 0.6 is 0 Å². The Morgan fingerprint density at radius 1 is 0.952 bits per heavy atom. The van der Waals surface area contributed by atoms with E-state index in [4.69, 9.17) is 0 Å². The van der Waals surface area contributed by atoms with E-state index in [1.54, 1.807) is 86.6 Å². The molecule has 1 N–H and O–H groups in total. The van der Waals surface area contributed by atoms with Crippen LogP contribution in [-0.2, 0) is 20.8 Å². The molecule has 8 nitrogen and oxygen atoms in total. The zero-order chi connectivity index (χ0) is 30.4. The van der Waals surface area contributed by atoms with E-state index in [-0.39, 0.29) is 17.7 Å². The van der Waals surface area contributed by atoms with E-state index in [1.165, 1.54) is 23.5 Å². The van der Waals surface area contributed by atoms with Gasteiger partial charge < -0.3 is 10.2 Å². The van der Waals surface area contributed by atoms with Crippen molar-refractivity contribution in [2.45, 2.75) is 38.5 Å². The maximum Gasteiger partial charge on any atom is 0.452 e. The van der Waals surface area contributed by atoms with Crippen molar-refractivity contribution in [3.05, 3.63) is 108 Å². The number of hydrogen-bond acceptors (Lipinski definition) is 5. The van der Waals surface area contributed by atoms with E-state index >= 15 is 0 Å². The van der Waals surface area contributed by atoms with Crippen molar-refractivity contribution in [2.75, 3.05) is 6.54 Å². The average molecular weight is 579 g/mol. The molecule has 0 spiro atoms. The number of hydrogen-bond donors (Lipinski definition) is 1. The summed E-state index contributed by atoms with van der Waals surface area (Å²) < 4.78 is 40.3. The molecule has 2 aromatic carbocycles. The summed E-state index contributed by atoms with van der Waals surface area (Å²) in [7, 11) is 0. The molecule has 0 saturated heterocycles. The zero-order valence-corrected chi connectivity index (χ0v) is 22.9. The number of benzene rings is 2. The number of pyridine rings is 1. The topological polar surface area (TPSA) is 99.7 Å². The summed E-state index contributed by atoms with van der Waals surface area (Å²) in [6, 6.07) is 16.8. The molecule has 0 bridgehead atoms. The number of amides is 3. The van der Waals surface area contributed by atoms with Gasteiger partial charge in [0.1, 0.15) is 18.6 Å². The number of alkyl halides is 3. The number of carbonyl (C=O) groups excluding carboxylic acids is 4. The lowest BCUT2D eigenvalue weighted by atomic mass is 9.96. The molecule has 4 rings (SSSR count). The Hall–Kier alpha value is -4.80. The van der Waals surface area contributed by atoms with Gasteiger partial charge in [-0.25, -0.2) is 0 Å². The molecule has 0 fully saturated rings. The van der Waals surface area contributed by atoms with Crippen LogP contribution in [-0.4, -0.2) is 63.1 Å². The van der Waals surface area contributed by atoms with Crippen molar-refractivity contribution < 1.29 is 32.3 Å². The molecule has 2 atom stereocenters. The van der Waals surface area contributed by atoms with Crippen LogP contribution in [0, 0.1) is 5.92 Å². The maximum atomic E-state index is 14.0. The number of rotatable bonds is 9. The van der Waals surface area contributed by atoms with Gasteiger partial charge in [-0.2, -0.15) is 13.2 Å². The van der Waals surface area contributed by atoms with Crippen molar-refractivity contribution in [1.29, 1.82) is 0 Å². The maximum absolute atomic E-state index is 14.0. The molecule has 3 amide bonds. The second-order valence-electron chi connectivity index (χ2n) is 10.1. The van der Waals surface area contributed by atoms with Gasteiger partial charge in [-0.15, -0.1) is 0 Å². The Balaban J connectivity index is 1.69. The average Bonchev–Trinajstić information content (AvgIpc) is 2.97. The molecule has 1 aliphatic rings. The molecule has 11 heteroatoms. The molecule has 1 aromatic heterocycles. The van der Waals surface area contributed by atoms with Crippen LogP contribution < -0.4 is 5.32 Å². The second-order valence-corrected chi connectivity index (χ2v) is 10.1. The van der Waals surface area contributed by atoms with E-state index in [0.717, 1.165) is 4.90 Å². The molecule has 218 valence electrons. The van der Waals surface area contributed by atoms with Crippen LogP contribution in [0.25, 0.3) is 5.70 Å². The van der Waals surface area contributed by atoms with Crippen LogP contribution in [0.2, 0.25) is 0 Å². The zero-order valence-electron chi connectivity index (χ0n) is 22.9. The third-order valence-corrected chi connectivity index (χ3v) is 6.73. The van der Waals surface area contributed by atoms with Gasteiger partial charge in [0, 0.05) is 25.0 Å². The van der Waals surface area contributed by atoms with E-state index in [9.17, 15) is 32.3 Å². The van der Waals surface area contributed by atoms with Crippen molar-refractivity contribution in [3.63, 3.8) is 0 Å². The monoisotopic (exact) mass is 578 g/mol. The highest BCUT2D eigenvalue weighted by molar-refractivity contribution is 6.04. The summed E-state index contributed by atoms with van der Waals surface area (Å²) in [6.45, 7) is 2.81. The first-order chi connectivity index (χ1) is 20.0. The Labute approximate surface area is 240 Å². The van der Waals surface area contributed by atoms with Gasteiger partial charge in [-0.05, 0) is 29.2 Å². The van der Waals surface area contributed by atoms with Crippen molar-refractivity contribution in [2.24, 2.45) is 5.92 Å². The predicted octanol–water partition coefficient (Wildman–Crippen LogP) is 4.25. The second kappa shape index (κ2) is 12.8. The quantitative estimate of drug-likeness (QED) is 0.410. The van der Waals surface area contributed by atoms with Crippen LogP contribution in [0.1, 0.15) is 35.3 Å². The van der Waals surface area contributed by atoms with Crippen molar-refractivity contribution in [3.8, 4) is 0 Å². The molecular formula is C31H29F3N4O4. The number of halogens is 3. The lowest BCUT2D eigenvalue weighted by molar-refractivity contribution is -0.173. The lowest BCUT2D eigenvalue weighted by Crippen LogP contribution is -2.57. The minimum Gasteiger partial charge on any atom is -0.344 e. The molecule has 0 radical (unpaired) electrons. The summed E-state index contributed by atoms with van der Waals surface area (Å²) in [6.07, 6.45) is -1.21. The Bertz CT molecular complexity index is 1460. The number of nitrogens with one attached hydrogen (secondary N) is 1. The highest BCUT2D eigenvalue weighted by Crippen LogP contribution is 2.31. The fourth-order valence-corrected chi connectivity index (χ4v) is 4.75. The summed E-state index contributed by atoms with van der Waals surface area (Å²) in [5.41, 5.74) is 1.37. The Morgan fingerprint density at radius 2 is 1.60 bits per heavy atom. The standard InChI is InChI=1S/C31H29F3N4O4/c1-20(2)27-30(42)37(19-26(39)36-24(28(40)31(32,33)34)16-21-10-5-3-6-11-21)25(22-12-7-4-8-13-22)18-38(27)29(41)23-14-9-15-35-17-23/h3-15,17-18,20,24,27H,16,19H2,1-2H3,(H,36,39)/t24-,27-/m0/s1. The lowest BCUT2D eigenvalue weighted by Gasteiger charge is -2.41. The fourth-order valence-electron chi connectivity index (χ4n) is 4.75. The Kier molecular flexibility index (Phi) is 9.19. The Morgan fingerprint density at radius 3 is 2.17 bits per heavy atom. The molecule has 1 aliphatic heterocycles. The largest absolute Gasteiger partial charge is 0.452 e. The van der Waals surface area contributed by atoms with E-state index in [1.807, 2.05) is 0 Å². The number of aromatic nitrogens is 1. The van der Waals surface area contributed by atoms with Crippen LogP contribution in [0.3, 0.4) is 0 Å². The minimum atomic E-state index is -5.18. The first-order valence-electron chi connectivity index (χ1n) is 13.2. The number of carbonyl (C=O) groups is 4. The smallest absolute Gasteiger partial charge is 0.344 e. The van der Waals surface area contributed by atoms with E-state index < -0.39 is 54.2 Å². The normalized spacial score (nSPS) is 16.2. The van der Waals surface area contributed by atoms with Gasteiger partial charge >= 0.3 is 6.18 Å². The minimum absolute atomic E-state index is 0.201. The third kappa shape index (κ3) is 6.91. The highest BCUT2D eigenvalue weighted by Gasteiger charge is 2.45. The van der Waals surface area contributed by atoms with Gasteiger partial charge in [-0.3, -0.25) is 29.1 Å². The highest BCUT2D eigenvalue weighted by atomic mass is 19.4. The summed E-state index contributed by atoms with van der Waals surface area (Å²) >= 11 is 0. The van der Waals surface area contributed by atoms with Crippen molar-refractivity contribution in [1.82, 2.24) is 20.1 Å². The molecule has 42 heavy (non-hydrogen) atoms. The SMILES string of the molecule is CC(C)[C@H]1C(=O)N(CC(=O)N[C@@H](Cc2ccccc2)C(=O)C(F)(F)F)C(c2ccccc2)=CN1C(=O)c1cccnc1. The molecule has 0 saturated carbocycles. The fraction of sp³-hybridized carbons (Fsp3) is 0.258. The van der Waals surface area contributed by atoms with Crippen molar-refractivity contribution >= 4 is 29.2 Å². The van der Waals surface area contributed by atoms with Gasteiger partial charge in [-0.1, -0.05) is 74.5 Å². The van der Waals surface area contributed by atoms with Gasteiger partial charge in [0.05, 0.1) is 11.3 Å². The molecule has 0 unspecified atom stereocenters. The van der Waals surface area contributed by atoms with Crippen LogP contribution in [0.5, 0.6) is 0 Å². The predicted molar refractivity (Wildman–Crippen MR) is 148 cm³/mol.